The minimum absolute atomic E-state index is 0.132. The van der Waals surface area contributed by atoms with Gasteiger partial charge in [-0.3, -0.25) is 0 Å². The van der Waals surface area contributed by atoms with Crippen LogP contribution < -0.4 is 9.47 Å². The van der Waals surface area contributed by atoms with Gasteiger partial charge < -0.3 is 9.47 Å². The molecule has 1 aliphatic rings. The molecule has 13 heavy (non-hydrogen) atoms. The van der Waals surface area contributed by atoms with Crippen molar-refractivity contribution in [3.05, 3.63) is 18.1 Å². The molecule has 1 heterocycles. The van der Waals surface area contributed by atoms with Crippen molar-refractivity contribution in [1.82, 2.24) is 4.98 Å². The second-order valence-electron chi connectivity index (χ2n) is 2.95. The van der Waals surface area contributed by atoms with Crippen LogP contribution in [0.25, 0.3) is 0 Å². The Morgan fingerprint density at radius 1 is 1.54 bits per heavy atom. The summed E-state index contributed by atoms with van der Waals surface area (Å²) in [7, 11) is 1.45. The minimum atomic E-state index is -0.418. The Morgan fingerprint density at radius 3 is 2.92 bits per heavy atom. The summed E-state index contributed by atoms with van der Waals surface area (Å²) in [5.74, 6) is -0.0712. The first kappa shape index (κ1) is 8.29. The quantitative estimate of drug-likeness (QED) is 0.715. The van der Waals surface area contributed by atoms with Crippen LogP contribution in [0.15, 0.2) is 12.3 Å². The van der Waals surface area contributed by atoms with Gasteiger partial charge >= 0.3 is 0 Å². The second-order valence-corrected chi connectivity index (χ2v) is 2.95. The number of rotatable bonds is 3. The molecule has 1 saturated carbocycles. The number of methoxy groups -OCH3 is 1. The molecular weight excluding hydrogens is 173 g/mol. The zero-order chi connectivity index (χ0) is 9.26. The molecule has 0 bridgehead atoms. The number of nitrogens with zero attached hydrogens (tertiary/aromatic N) is 1. The Morgan fingerprint density at radius 2 is 2.31 bits per heavy atom. The van der Waals surface area contributed by atoms with Gasteiger partial charge in [0.25, 0.3) is 5.88 Å². The van der Waals surface area contributed by atoms with Gasteiger partial charge in [-0.05, 0) is 18.9 Å². The Hall–Kier alpha value is -1.32. The molecule has 1 aromatic heterocycles. The highest BCUT2D eigenvalue weighted by atomic mass is 19.1. The molecule has 0 aromatic carbocycles. The van der Waals surface area contributed by atoms with Crippen molar-refractivity contribution in [3.8, 4) is 11.6 Å². The van der Waals surface area contributed by atoms with Crippen LogP contribution in [0.3, 0.4) is 0 Å². The molecule has 0 unspecified atom stereocenters. The Labute approximate surface area is 75.5 Å². The van der Waals surface area contributed by atoms with E-state index >= 15 is 0 Å². The van der Waals surface area contributed by atoms with E-state index in [0.717, 1.165) is 12.8 Å². The third kappa shape index (κ3) is 1.71. The van der Waals surface area contributed by atoms with E-state index in [1.807, 2.05) is 0 Å². The van der Waals surface area contributed by atoms with Crippen molar-refractivity contribution >= 4 is 0 Å². The van der Waals surface area contributed by atoms with E-state index in [1.165, 1.54) is 19.4 Å². The number of aromatic nitrogens is 1. The Balaban J connectivity index is 2.27. The van der Waals surface area contributed by atoms with E-state index in [4.69, 9.17) is 9.47 Å². The fourth-order valence-electron chi connectivity index (χ4n) is 1.01. The van der Waals surface area contributed by atoms with Crippen LogP contribution in [0.1, 0.15) is 12.8 Å². The summed E-state index contributed by atoms with van der Waals surface area (Å²) in [5.41, 5.74) is 0. The smallest absolute Gasteiger partial charge is 0.259 e. The number of hydrogen-bond donors (Lipinski definition) is 0. The molecule has 0 N–H and O–H groups in total. The average Bonchev–Trinajstić information content (AvgIpc) is 2.92. The summed E-state index contributed by atoms with van der Waals surface area (Å²) in [6.45, 7) is 0. The van der Waals surface area contributed by atoms with E-state index in [1.54, 1.807) is 0 Å². The highest BCUT2D eigenvalue weighted by Crippen LogP contribution is 2.33. The summed E-state index contributed by atoms with van der Waals surface area (Å²) in [6, 6.07) is 1.26. The number of ether oxygens (including phenoxy) is 2. The lowest BCUT2D eigenvalue weighted by molar-refractivity contribution is 0.262. The fourth-order valence-corrected chi connectivity index (χ4v) is 1.01. The summed E-state index contributed by atoms with van der Waals surface area (Å²) in [5, 5.41) is 0. The monoisotopic (exact) mass is 183 g/mol. The van der Waals surface area contributed by atoms with Gasteiger partial charge in [0.2, 0.25) is 5.75 Å². The maximum Gasteiger partial charge on any atom is 0.259 e. The largest absolute Gasteiger partial charge is 0.482 e. The molecule has 0 radical (unpaired) electrons. The van der Waals surface area contributed by atoms with Gasteiger partial charge in [-0.25, -0.2) is 9.37 Å². The third-order valence-electron chi connectivity index (χ3n) is 1.83. The molecule has 0 aliphatic heterocycles. The number of hydrogen-bond acceptors (Lipinski definition) is 3. The molecule has 1 aromatic rings. The Bertz CT molecular complexity index is 312. The van der Waals surface area contributed by atoms with Crippen molar-refractivity contribution < 1.29 is 13.9 Å². The molecule has 70 valence electrons. The van der Waals surface area contributed by atoms with Gasteiger partial charge in [0, 0.05) is 6.20 Å². The standard InChI is InChI=1S/C9H10FNO2/c1-12-9-8(13-6-2-3-6)7(10)4-5-11-9/h4-6H,2-3H2,1H3. The van der Waals surface area contributed by atoms with Crippen LogP contribution in [0.2, 0.25) is 0 Å². The number of pyridine rings is 1. The lowest BCUT2D eigenvalue weighted by Gasteiger charge is -2.08. The van der Waals surface area contributed by atoms with Crippen LogP contribution >= 0.6 is 0 Å². The predicted molar refractivity (Wildman–Crippen MR) is 44.4 cm³/mol. The summed E-state index contributed by atoms with van der Waals surface area (Å²) >= 11 is 0. The molecule has 2 rings (SSSR count). The van der Waals surface area contributed by atoms with Gasteiger partial charge in [-0.2, -0.15) is 0 Å². The van der Waals surface area contributed by atoms with E-state index in [9.17, 15) is 4.39 Å². The second kappa shape index (κ2) is 3.20. The van der Waals surface area contributed by atoms with Crippen molar-refractivity contribution in [1.29, 1.82) is 0 Å². The maximum absolute atomic E-state index is 13.2. The molecule has 4 heteroatoms. The first-order valence-electron chi connectivity index (χ1n) is 4.16. The summed E-state index contributed by atoms with van der Waals surface area (Å²) in [6.07, 6.45) is 3.47. The van der Waals surface area contributed by atoms with Gasteiger partial charge in [0.1, 0.15) is 0 Å². The first-order valence-corrected chi connectivity index (χ1v) is 4.16. The number of halogens is 1. The Kier molecular flexibility index (Phi) is 2.04. The maximum atomic E-state index is 13.2. The van der Waals surface area contributed by atoms with E-state index in [-0.39, 0.29) is 17.7 Å². The van der Waals surface area contributed by atoms with E-state index in [2.05, 4.69) is 4.98 Å². The van der Waals surface area contributed by atoms with Crippen LogP contribution in [0.4, 0.5) is 4.39 Å². The van der Waals surface area contributed by atoms with Crippen molar-refractivity contribution in [3.63, 3.8) is 0 Å². The molecule has 3 nitrogen and oxygen atoms in total. The fraction of sp³-hybridized carbons (Fsp3) is 0.444. The first-order chi connectivity index (χ1) is 6.31. The van der Waals surface area contributed by atoms with Gasteiger partial charge in [0.15, 0.2) is 5.82 Å². The molecule has 1 fully saturated rings. The van der Waals surface area contributed by atoms with Crippen LogP contribution in [0, 0.1) is 5.82 Å². The minimum Gasteiger partial charge on any atom is -0.482 e. The molecular formula is C9H10FNO2. The zero-order valence-electron chi connectivity index (χ0n) is 7.29. The molecule has 0 saturated heterocycles. The highest BCUT2D eigenvalue weighted by molar-refractivity contribution is 5.34. The molecule has 0 amide bonds. The highest BCUT2D eigenvalue weighted by Gasteiger charge is 2.26. The summed E-state index contributed by atoms with van der Waals surface area (Å²) in [4.78, 5) is 3.85. The van der Waals surface area contributed by atoms with Gasteiger partial charge in [0.05, 0.1) is 13.2 Å². The molecule has 0 atom stereocenters. The van der Waals surface area contributed by atoms with Crippen molar-refractivity contribution in [2.24, 2.45) is 0 Å². The topological polar surface area (TPSA) is 31.4 Å². The van der Waals surface area contributed by atoms with Crippen LogP contribution in [-0.2, 0) is 0 Å². The SMILES string of the molecule is COc1nccc(F)c1OC1CC1. The molecule has 0 spiro atoms. The summed E-state index contributed by atoms with van der Waals surface area (Å²) < 4.78 is 23.4. The van der Waals surface area contributed by atoms with Crippen LogP contribution in [0.5, 0.6) is 11.6 Å². The lowest BCUT2D eigenvalue weighted by Crippen LogP contribution is -2.02. The van der Waals surface area contributed by atoms with Crippen molar-refractivity contribution in [2.75, 3.05) is 7.11 Å². The lowest BCUT2D eigenvalue weighted by atomic mass is 10.4. The molecule has 1 aliphatic carbocycles. The predicted octanol–water partition coefficient (Wildman–Crippen LogP) is 1.77. The van der Waals surface area contributed by atoms with Gasteiger partial charge in [-0.15, -0.1) is 0 Å². The zero-order valence-corrected chi connectivity index (χ0v) is 7.29. The van der Waals surface area contributed by atoms with Crippen molar-refractivity contribution in [2.45, 2.75) is 18.9 Å². The van der Waals surface area contributed by atoms with E-state index in [0.29, 0.717) is 0 Å². The average molecular weight is 183 g/mol. The van der Waals surface area contributed by atoms with Gasteiger partial charge in [-0.1, -0.05) is 0 Å². The van der Waals surface area contributed by atoms with E-state index < -0.39 is 5.82 Å². The normalized spacial score (nSPS) is 15.5. The van der Waals surface area contributed by atoms with Crippen LogP contribution in [-0.4, -0.2) is 18.2 Å². The third-order valence-corrected chi connectivity index (χ3v) is 1.83.